The van der Waals surface area contributed by atoms with Crippen LogP contribution in [0, 0.1) is 5.92 Å². The van der Waals surface area contributed by atoms with Crippen molar-refractivity contribution in [2.45, 2.75) is 71.9 Å². The summed E-state index contributed by atoms with van der Waals surface area (Å²) in [5, 5.41) is 0. The summed E-state index contributed by atoms with van der Waals surface area (Å²) in [6.45, 7) is 8.21. The molecule has 0 amide bonds. The molecule has 0 bridgehead atoms. The standard InChI is InChI=1S/C20H34O7S/c1-5-24-20(25-6-2,26-18-14-10-8-11-15-18)19(27-28(21,22)23)16-12-7-9-13-17(3)4/h8,10-11,14-15,17,19H,5-7,9,12-13,16H2,1-4H3,(H,21,22,23). The Bertz CT molecular complexity index is 625. The number of benzene rings is 1. The van der Waals surface area contributed by atoms with Gasteiger partial charge in [0, 0.05) is 0 Å². The van der Waals surface area contributed by atoms with Gasteiger partial charge in [0.25, 0.3) is 0 Å². The van der Waals surface area contributed by atoms with Crippen LogP contribution in [-0.2, 0) is 24.1 Å². The van der Waals surface area contributed by atoms with Gasteiger partial charge < -0.3 is 14.2 Å². The first-order chi connectivity index (χ1) is 13.2. The van der Waals surface area contributed by atoms with Crippen LogP contribution < -0.4 is 4.74 Å². The highest BCUT2D eigenvalue weighted by molar-refractivity contribution is 7.80. The zero-order chi connectivity index (χ0) is 21.0. The summed E-state index contributed by atoms with van der Waals surface area (Å²) in [5.74, 6) is -0.746. The Kier molecular flexibility index (Phi) is 11.0. The molecule has 8 heteroatoms. The molecule has 162 valence electrons. The lowest BCUT2D eigenvalue weighted by atomic mass is 10.0. The highest BCUT2D eigenvalue weighted by atomic mass is 32.3. The van der Waals surface area contributed by atoms with Crippen LogP contribution in [0.3, 0.4) is 0 Å². The van der Waals surface area contributed by atoms with Crippen LogP contribution in [0.15, 0.2) is 30.3 Å². The van der Waals surface area contributed by atoms with Gasteiger partial charge in [-0.05, 0) is 38.3 Å². The van der Waals surface area contributed by atoms with E-state index in [1.54, 1.807) is 38.1 Å². The predicted molar refractivity (Wildman–Crippen MR) is 107 cm³/mol. The molecule has 1 aromatic rings. The molecule has 0 spiro atoms. The van der Waals surface area contributed by atoms with E-state index in [1.165, 1.54) is 0 Å². The molecule has 0 aliphatic rings. The fourth-order valence-corrected chi connectivity index (χ4v) is 3.40. The summed E-state index contributed by atoms with van der Waals surface area (Å²) in [6.07, 6.45) is 2.79. The number of unbranched alkanes of at least 4 members (excludes halogenated alkanes) is 2. The van der Waals surface area contributed by atoms with Gasteiger partial charge in [0.15, 0.2) is 6.10 Å². The minimum Gasteiger partial charge on any atom is -0.437 e. The van der Waals surface area contributed by atoms with Crippen molar-refractivity contribution < 1.29 is 31.4 Å². The zero-order valence-corrected chi connectivity index (χ0v) is 18.1. The van der Waals surface area contributed by atoms with Gasteiger partial charge >= 0.3 is 16.4 Å². The molecular formula is C20H34O7S. The van der Waals surface area contributed by atoms with Crippen LogP contribution in [0.4, 0.5) is 0 Å². The number of ether oxygens (including phenoxy) is 3. The van der Waals surface area contributed by atoms with Gasteiger partial charge in [-0.3, -0.25) is 4.55 Å². The van der Waals surface area contributed by atoms with Gasteiger partial charge in [-0.25, -0.2) is 4.18 Å². The highest BCUT2D eigenvalue weighted by Crippen LogP contribution is 2.30. The Morgan fingerprint density at radius 1 is 0.964 bits per heavy atom. The third kappa shape index (κ3) is 9.34. The van der Waals surface area contributed by atoms with E-state index in [-0.39, 0.29) is 19.6 Å². The molecule has 0 aliphatic heterocycles. The number of hydrogen-bond acceptors (Lipinski definition) is 6. The van der Waals surface area contributed by atoms with E-state index in [4.69, 9.17) is 18.4 Å². The lowest BCUT2D eigenvalue weighted by molar-refractivity contribution is -0.374. The Hall–Kier alpha value is -1.19. The predicted octanol–water partition coefficient (Wildman–Crippen LogP) is 4.59. The lowest BCUT2D eigenvalue weighted by Crippen LogP contribution is -2.54. The van der Waals surface area contributed by atoms with E-state index in [1.807, 2.05) is 6.07 Å². The van der Waals surface area contributed by atoms with Crippen molar-refractivity contribution in [3.8, 4) is 5.75 Å². The minimum absolute atomic E-state index is 0.200. The number of hydrogen-bond donors (Lipinski definition) is 1. The summed E-state index contributed by atoms with van der Waals surface area (Å²) in [7, 11) is -4.73. The van der Waals surface area contributed by atoms with E-state index in [2.05, 4.69) is 13.8 Å². The van der Waals surface area contributed by atoms with Crippen LogP contribution in [0.5, 0.6) is 5.75 Å². The van der Waals surface area contributed by atoms with Crippen molar-refractivity contribution in [3.63, 3.8) is 0 Å². The molecule has 0 fully saturated rings. The SMILES string of the molecule is CCOC(OCC)(Oc1ccccc1)C(CCCCCC(C)C)OS(=O)(=O)O. The largest absolute Gasteiger partial charge is 0.437 e. The lowest BCUT2D eigenvalue weighted by Gasteiger charge is -2.37. The minimum atomic E-state index is -4.73. The molecule has 1 rings (SSSR count). The second kappa shape index (κ2) is 12.4. The van der Waals surface area contributed by atoms with Gasteiger partial charge in [-0.15, -0.1) is 0 Å². The molecule has 7 nitrogen and oxygen atoms in total. The van der Waals surface area contributed by atoms with E-state index < -0.39 is 22.5 Å². The van der Waals surface area contributed by atoms with Gasteiger partial charge in [-0.1, -0.05) is 57.7 Å². The van der Waals surface area contributed by atoms with Crippen LogP contribution in [0.1, 0.15) is 59.8 Å². The summed E-state index contributed by atoms with van der Waals surface area (Å²) in [5.41, 5.74) is 0. The van der Waals surface area contributed by atoms with Crippen LogP contribution in [0.2, 0.25) is 0 Å². The van der Waals surface area contributed by atoms with E-state index in [0.717, 1.165) is 19.3 Å². The average molecular weight is 419 g/mol. The van der Waals surface area contributed by atoms with Gasteiger partial charge in [0.05, 0.1) is 13.2 Å². The number of rotatable bonds is 15. The Morgan fingerprint density at radius 2 is 1.54 bits per heavy atom. The first-order valence-corrected chi connectivity index (χ1v) is 11.3. The van der Waals surface area contributed by atoms with Gasteiger partial charge in [-0.2, -0.15) is 8.42 Å². The maximum Gasteiger partial charge on any atom is 0.397 e. The van der Waals surface area contributed by atoms with Gasteiger partial charge in [0.1, 0.15) is 5.75 Å². The van der Waals surface area contributed by atoms with E-state index >= 15 is 0 Å². The topological polar surface area (TPSA) is 91.3 Å². The second-order valence-corrected chi connectivity index (χ2v) is 7.98. The van der Waals surface area contributed by atoms with Crippen molar-refractivity contribution >= 4 is 10.4 Å². The number of para-hydroxylation sites is 1. The summed E-state index contributed by atoms with van der Waals surface area (Å²) < 4.78 is 54.7. The highest BCUT2D eigenvalue weighted by Gasteiger charge is 2.47. The van der Waals surface area contributed by atoms with Crippen molar-refractivity contribution in [1.29, 1.82) is 0 Å². The van der Waals surface area contributed by atoms with Crippen LogP contribution in [0.25, 0.3) is 0 Å². The maximum atomic E-state index is 11.5. The van der Waals surface area contributed by atoms with Crippen LogP contribution in [-0.4, -0.2) is 38.3 Å². The Balaban J connectivity index is 3.05. The van der Waals surface area contributed by atoms with Crippen molar-refractivity contribution in [3.05, 3.63) is 30.3 Å². The molecule has 0 radical (unpaired) electrons. The molecule has 1 N–H and O–H groups in total. The van der Waals surface area contributed by atoms with Crippen molar-refractivity contribution in [2.24, 2.45) is 5.92 Å². The molecule has 1 unspecified atom stereocenters. The molecule has 0 aliphatic carbocycles. The molecule has 0 saturated carbocycles. The Morgan fingerprint density at radius 3 is 2.04 bits per heavy atom. The molecule has 28 heavy (non-hydrogen) atoms. The molecule has 1 aromatic carbocycles. The molecular weight excluding hydrogens is 384 g/mol. The molecule has 0 saturated heterocycles. The fraction of sp³-hybridized carbons (Fsp3) is 0.700. The summed E-state index contributed by atoms with van der Waals surface area (Å²) in [4.78, 5) is 0. The third-order valence-corrected chi connectivity index (χ3v) is 4.55. The normalized spacial score (nSPS) is 13.6. The Labute approximate surface area is 169 Å². The summed E-state index contributed by atoms with van der Waals surface area (Å²) >= 11 is 0. The smallest absolute Gasteiger partial charge is 0.397 e. The monoisotopic (exact) mass is 418 g/mol. The van der Waals surface area contributed by atoms with Crippen LogP contribution >= 0.6 is 0 Å². The quantitative estimate of drug-likeness (QED) is 0.253. The van der Waals surface area contributed by atoms with Gasteiger partial charge in [0.2, 0.25) is 0 Å². The van der Waals surface area contributed by atoms with E-state index in [0.29, 0.717) is 18.1 Å². The second-order valence-electron chi connectivity index (χ2n) is 6.93. The van der Waals surface area contributed by atoms with Crippen molar-refractivity contribution in [1.82, 2.24) is 0 Å². The molecule has 1 atom stereocenters. The third-order valence-electron chi connectivity index (χ3n) is 4.07. The first-order valence-electron chi connectivity index (χ1n) is 9.90. The maximum absolute atomic E-state index is 11.5. The van der Waals surface area contributed by atoms with E-state index in [9.17, 15) is 13.0 Å². The molecule has 0 heterocycles. The summed E-state index contributed by atoms with van der Waals surface area (Å²) in [6, 6.07) is 8.81. The fourth-order valence-electron chi connectivity index (χ4n) is 2.90. The average Bonchev–Trinajstić information content (AvgIpc) is 2.60. The zero-order valence-electron chi connectivity index (χ0n) is 17.3. The molecule has 0 aromatic heterocycles. The first kappa shape index (κ1) is 24.8. The van der Waals surface area contributed by atoms with Crippen molar-refractivity contribution in [2.75, 3.05) is 13.2 Å².